The zero-order valence-electron chi connectivity index (χ0n) is 10.7. The molecule has 106 valence electrons. The number of ether oxygens (including phenoxy) is 1. The van der Waals surface area contributed by atoms with Gasteiger partial charge in [-0.25, -0.2) is 9.52 Å². The summed E-state index contributed by atoms with van der Waals surface area (Å²) in [6, 6.07) is 0. The van der Waals surface area contributed by atoms with Crippen LogP contribution in [0.25, 0.3) is 0 Å². The topological polar surface area (TPSA) is 102 Å². The van der Waals surface area contributed by atoms with Crippen LogP contribution in [0.2, 0.25) is 0 Å². The van der Waals surface area contributed by atoms with Gasteiger partial charge < -0.3 is 10.5 Å². The van der Waals surface area contributed by atoms with Crippen molar-refractivity contribution in [3.63, 3.8) is 0 Å². The molecule has 3 N–H and O–H groups in total. The second-order valence-corrected chi connectivity index (χ2v) is 6.26. The van der Waals surface area contributed by atoms with E-state index in [0.717, 1.165) is 11.4 Å². The number of thiocarbonyl (C=S) groups is 1. The Bertz CT molecular complexity index is 395. The molecular weight excluding hydrogens is 278 g/mol. The van der Waals surface area contributed by atoms with Crippen LogP contribution < -0.4 is 10.5 Å². The highest BCUT2D eigenvalue weighted by Crippen LogP contribution is 2.05. The summed E-state index contributed by atoms with van der Waals surface area (Å²) in [5.41, 5.74) is 5.34. The largest absolute Gasteiger partial charge is 0.452 e. The Kier molecular flexibility index (Phi) is 7.11. The van der Waals surface area contributed by atoms with Crippen LogP contribution >= 0.6 is 12.2 Å². The Morgan fingerprint density at radius 2 is 2.06 bits per heavy atom. The lowest BCUT2D eigenvalue weighted by Gasteiger charge is -2.23. The van der Waals surface area contributed by atoms with Gasteiger partial charge in [-0.1, -0.05) is 26.1 Å². The average Bonchev–Trinajstić information content (AvgIpc) is 2.22. The van der Waals surface area contributed by atoms with Crippen molar-refractivity contribution in [2.75, 3.05) is 20.2 Å². The van der Waals surface area contributed by atoms with Gasteiger partial charge in [0, 0.05) is 19.5 Å². The van der Waals surface area contributed by atoms with E-state index >= 15 is 0 Å². The zero-order chi connectivity index (χ0) is 14.3. The monoisotopic (exact) mass is 297 g/mol. The van der Waals surface area contributed by atoms with Gasteiger partial charge in [0.25, 0.3) is 0 Å². The number of methoxy groups -OCH3 is 1. The number of carbonyl (C=O) groups excluding carboxylic acids is 1. The molecule has 0 unspecified atom stereocenters. The highest BCUT2D eigenvalue weighted by Gasteiger charge is 2.25. The van der Waals surface area contributed by atoms with E-state index in [1.54, 1.807) is 4.72 Å². The summed E-state index contributed by atoms with van der Waals surface area (Å²) in [6.45, 7) is 4.11. The Balaban J connectivity index is 4.81. The summed E-state index contributed by atoms with van der Waals surface area (Å²) in [5.74, 6) is 0.102. The molecule has 0 atom stereocenters. The van der Waals surface area contributed by atoms with Crippen molar-refractivity contribution in [1.29, 1.82) is 0 Å². The standard InChI is InChI=1S/C9H19N3O4S2/c1-7(2)6-12(5-4-8(10)17)18(14,15)11-9(13)16-3/h7H,4-6H2,1-3H3,(H2,10,17)(H,11,13). The van der Waals surface area contributed by atoms with Crippen molar-refractivity contribution in [2.45, 2.75) is 20.3 Å². The van der Waals surface area contributed by atoms with Gasteiger partial charge in [-0.05, 0) is 5.92 Å². The van der Waals surface area contributed by atoms with Crippen LogP contribution in [0.3, 0.4) is 0 Å². The lowest BCUT2D eigenvalue weighted by atomic mass is 10.2. The molecule has 0 aliphatic rings. The van der Waals surface area contributed by atoms with Crippen molar-refractivity contribution >= 4 is 33.5 Å². The number of carbonyl (C=O) groups is 1. The smallest absolute Gasteiger partial charge is 0.421 e. The lowest BCUT2D eigenvalue weighted by molar-refractivity contribution is 0.176. The third-order valence-corrected chi connectivity index (χ3v) is 3.55. The van der Waals surface area contributed by atoms with Crippen LogP contribution in [-0.4, -0.2) is 44.0 Å². The molecule has 0 radical (unpaired) electrons. The SMILES string of the molecule is COC(=O)NS(=O)(=O)N(CCC(N)=S)CC(C)C. The minimum Gasteiger partial charge on any atom is -0.452 e. The maximum Gasteiger partial charge on any atom is 0.421 e. The number of hydrogen-bond donors (Lipinski definition) is 2. The second kappa shape index (κ2) is 7.49. The van der Waals surface area contributed by atoms with E-state index in [1.807, 2.05) is 13.8 Å². The molecule has 0 aromatic carbocycles. The van der Waals surface area contributed by atoms with Crippen molar-refractivity contribution in [3.05, 3.63) is 0 Å². The average molecular weight is 297 g/mol. The van der Waals surface area contributed by atoms with Crippen LogP contribution in [-0.2, 0) is 14.9 Å². The quantitative estimate of drug-likeness (QED) is 0.652. The van der Waals surface area contributed by atoms with Gasteiger partial charge in [0.05, 0.1) is 12.1 Å². The van der Waals surface area contributed by atoms with Crippen LogP contribution in [0.4, 0.5) is 4.79 Å². The molecule has 0 saturated carbocycles. The van der Waals surface area contributed by atoms with Gasteiger partial charge >= 0.3 is 16.3 Å². The first kappa shape index (κ1) is 17.1. The van der Waals surface area contributed by atoms with E-state index in [-0.39, 0.29) is 30.4 Å². The summed E-state index contributed by atoms with van der Waals surface area (Å²) in [7, 11) is -2.84. The summed E-state index contributed by atoms with van der Waals surface area (Å²) < 4.78 is 30.9. The summed E-state index contributed by atoms with van der Waals surface area (Å²) in [5, 5.41) is 0. The van der Waals surface area contributed by atoms with Gasteiger partial charge in [-0.3, -0.25) is 0 Å². The molecule has 1 amide bonds. The fourth-order valence-electron chi connectivity index (χ4n) is 1.16. The van der Waals surface area contributed by atoms with E-state index in [1.165, 1.54) is 0 Å². The summed E-state index contributed by atoms with van der Waals surface area (Å²) in [6.07, 6.45) is -0.775. The normalized spacial score (nSPS) is 11.6. The van der Waals surface area contributed by atoms with Crippen LogP contribution in [0.1, 0.15) is 20.3 Å². The molecule has 0 fully saturated rings. The van der Waals surface area contributed by atoms with E-state index in [4.69, 9.17) is 18.0 Å². The summed E-state index contributed by atoms with van der Waals surface area (Å²) >= 11 is 4.71. The first-order valence-corrected chi connectivity index (χ1v) is 7.18. The molecule has 0 heterocycles. The Morgan fingerprint density at radius 3 is 2.44 bits per heavy atom. The molecular formula is C9H19N3O4S2. The third-order valence-electron chi connectivity index (χ3n) is 1.91. The molecule has 0 bridgehead atoms. The van der Waals surface area contributed by atoms with Crippen molar-refractivity contribution in [1.82, 2.24) is 9.03 Å². The van der Waals surface area contributed by atoms with E-state index in [0.29, 0.717) is 0 Å². The van der Waals surface area contributed by atoms with Crippen LogP contribution in [0.5, 0.6) is 0 Å². The number of hydrogen-bond acceptors (Lipinski definition) is 5. The summed E-state index contributed by atoms with van der Waals surface area (Å²) in [4.78, 5) is 11.2. The second-order valence-electron chi connectivity index (χ2n) is 4.07. The van der Waals surface area contributed by atoms with E-state index < -0.39 is 16.3 Å². The molecule has 0 saturated heterocycles. The first-order valence-electron chi connectivity index (χ1n) is 5.33. The maximum atomic E-state index is 11.9. The van der Waals surface area contributed by atoms with Crippen LogP contribution in [0, 0.1) is 5.92 Å². The highest BCUT2D eigenvalue weighted by atomic mass is 32.2. The number of nitrogens with two attached hydrogens (primary N) is 1. The number of rotatable bonds is 7. The Labute approximate surface area is 113 Å². The van der Waals surface area contributed by atoms with Gasteiger partial charge in [0.15, 0.2) is 0 Å². The zero-order valence-corrected chi connectivity index (χ0v) is 12.3. The molecule has 0 rings (SSSR count). The van der Waals surface area contributed by atoms with Crippen molar-refractivity contribution in [3.8, 4) is 0 Å². The fourth-order valence-corrected chi connectivity index (χ4v) is 2.50. The molecule has 0 aromatic heterocycles. The van der Waals surface area contributed by atoms with E-state index in [9.17, 15) is 13.2 Å². The first-order chi connectivity index (χ1) is 8.19. The third kappa shape index (κ3) is 6.72. The molecule has 0 aliphatic carbocycles. The van der Waals surface area contributed by atoms with Gasteiger partial charge in [0.1, 0.15) is 0 Å². The molecule has 18 heavy (non-hydrogen) atoms. The predicted molar refractivity (Wildman–Crippen MR) is 72.3 cm³/mol. The minimum absolute atomic E-state index is 0.102. The molecule has 0 aromatic rings. The number of amides is 1. The number of nitrogens with one attached hydrogen (secondary N) is 1. The van der Waals surface area contributed by atoms with Gasteiger partial charge in [-0.2, -0.15) is 12.7 Å². The lowest BCUT2D eigenvalue weighted by Crippen LogP contribution is -2.45. The maximum absolute atomic E-state index is 11.9. The Morgan fingerprint density at radius 1 is 1.50 bits per heavy atom. The Hall–Kier alpha value is -0.930. The van der Waals surface area contributed by atoms with Crippen LogP contribution in [0.15, 0.2) is 0 Å². The van der Waals surface area contributed by atoms with Crippen molar-refractivity contribution < 1.29 is 17.9 Å². The highest BCUT2D eigenvalue weighted by molar-refractivity contribution is 7.87. The van der Waals surface area contributed by atoms with E-state index in [2.05, 4.69) is 4.74 Å². The molecule has 0 aliphatic heterocycles. The van der Waals surface area contributed by atoms with Gasteiger partial charge in [-0.15, -0.1) is 0 Å². The number of nitrogens with zero attached hydrogens (tertiary/aromatic N) is 1. The molecule has 0 spiro atoms. The molecule has 9 heteroatoms. The van der Waals surface area contributed by atoms with Crippen molar-refractivity contribution in [2.24, 2.45) is 11.7 Å². The minimum atomic E-state index is -3.93. The molecule has 7 nitrogen and oxygen atoms in total. The fraction of sp³-hybridized carbons (Fsp3) is 0.778. The van der Waals surface area contributed by atoms with Gasteiger partial charge in [0.2, 0.25) is 0 Å². The predicted octanol–water partition coefficient (Wildman–Crippen LogP) is 0.221.